The summed E-state index contributed by atoms with van der Waals surface area (Å²) in [5.41, 5.74) is 8.44. The average Bonchev–Trinajstić information content (AvgIpc) is 2.72. The Kier molecular flexibility index (Phi) is 5.87. The van der Waals surface area contributed by atoms with E-state index in [1.807, 2.05) is 47.4 Å². The van der Waals surface area contributed by atoms with Crippen LogP contribution < -0.4 is 5.73 Å². The minimum Gasteiger partial charge on any atom is -0.370 e. The number of primary amides is 1. The fraction of sp³-hybridized carbons (Fsp3) is 0.318. The molecule has 138 valence electrons. The lowest BCUT2D eigenvalue weighted by atomic mass is 9.92. The van der Waals surface area contributed by atoms with E-state index in [4.69, 9.17) is 11.0 Å². The minimum absolute atomic E-state index is 0.0242. The minimum atomic E-state index is -0.283. The highest BCUT2D eigenvalue weighted by molar-refractivity contribution is 5.94. The highest BCUT2D eigenvalue weighted by Crippen LogP contribution is 2.24. The predicted molar refractivity (Wildman–Crippen MR) is 104 cm³/mol. The number of carbonyl (C=O) groups excluding carboxylic acids is 2. The third-order valence-electron chi connectivity index (χ3n) is 5.06. The standard InChI is InChI=1S/C22H23N3O2/c23-14-17-3-1-5-20(13-17)18-7-9-19(10-8-18)22(27)25-12-2-4-16(15-25)6-11-21(24)26/h1,3,5,7-10,13,16H,2,4,6,11-12,15H2,(H2,24,26)/t16-/m1/s1. The molecule has 5 nitrogen and oxygen atoms in total. The van der Waals surface area contributed by atoms with Gasteiger partial charge in [-0.2, -0.15) is 5.26 Å². The fourth-order valence-corrected chi connectivity index (χ4v) is 3.59. The molecule has 3 rings (SSSR count). The van der Waals surface area contributed by atoms with E-state index in [0.29, 0.717) is 30.0 Å². The smallest absolute Gasteiger partial charge is 0.253 e. The van der Waals surface area contributed by atoms with E-state index in [0.717, 1.165) is 36.9 Å². The number of carbonyl (C=O) groups is 2. The van der Waals surface area contributed by atoms with Crippen LogP contribution in [-0.2, 0) is 4.79 Å². The number of nitrogens with zero attached hydrogens (tertiary/aromatic N) is 2. The van der Waals surface area contributed by atoms with Crippen LogP contribution in [0.5, 0.6) is 0 Å². The van der Waals surface area contributed by atoms with Gasteiger partial charge in [-0.1, -0.05) is 24.3 Å². The van der Waals surface area contributed by atoms with E-state index >= 15 is 0 Å². The third-order valence-corrected chi connectivity index (χ3v) is 5.06. The summed E-state index contributed by atoms with van der Waals surface area (Å²) >= 11 is 0. The van der Waals surface area contributed by atoms with Crippen molar-refractivity contribution < 1.29 is 9.59 Å². The predicted octanol–water partition coefficient (Wildman–Crippen LogP) is 3.34. The van der Waals surface area contributed by atoms with E-state index in [1.54, 1.807) is 6.07 Å². The molecule has 2 aromatic rings. The molecule has 0 spiro atoms. The molecule has 0 bridgehead atoms. The second-order valence-corrected chi connectivity index (χ2v) is 7.03. The molecule has 2 amide bonds. The van der Waals surface area contributed by atoms with E-state index in [1.165, 1.54) is 0 Å². The van der Waals surface area contributed by atoms with Gasteiger partial charge in [0.1, 0.15) is 0 Å². The van der Waals surface area contributed by atoms with Crippen molar-refractivity contribution in [2.45, 2.75) is 25.7 Å². The lowest BCUT2D eigenvalue weighted by molar-refractivity contribution is -0.118. The van der Waals surface area contributed by atoms with Gasteiger partial charge >= 0.3 is 0 Å². The summed E-state index contributed by atoms with van der Waals surface area (Å²) in [5.74, 6) is 0.0776. The first-order valence-electron chi connectivity index (χ1n) is 9.25. The van der Waals surface area contributed by atoms with Crippen molar-refractivity contribution in [3.05, 3.63) is 59.7 Å². The van der Waals surface area contributed by atoms with Crippen LogP contribution in [-0.4, -0.2) is 29.8 Å². The summed E-state index contributed by atoms with van der Waals surface area (Å²) in [6.45, 7) is 1.43. The molecule has 2 N–H and O–H groups in total. The van der Waals surface area contributed by atoms with Gasteiger partial charge in [-0.3, -0.25) is 9.59 Å². The molecule has 0 unspecified atom stereocenters. The van der Waals surface area contributed by atoms with Crippen molar-refractivity contribution in [2.24, 2.45) is 11.7 Å². The normalized spacial score (nSPS) is 16.6. The SMILES string of the molecule is N#Cc1cccc(-c2ccc(C(=O)N3CCC[C@H](CCC(N)=O)C3)cc2)c1. The first-order valence-corrected chi connectivity index (χ1v) is 9.25. The number of hydrogen-bond acceptors (Lipinski definition) is 3. The second kappa shape index (κ2) is 8.50. The zero-order chi connectivity index (χ0) is 19.2. The zero-order valence-electron chi connectivity index (χ0n) is 15.2. The maximum atomic E-state index is 12.8. The number of amides is 2. The van der Waals surface area contributed by atoms with Crippen LogP contribution in [0.3, 0.4) is 0 Å². The monoisotopic (exact) mass is 361 g/mol. The number of benzene rings is 2. The molecule has 1 aliphatic heterocycles. The number of likely N-dealkylation sites (tertiary alicyclic amines) is 1. The van der Waals surface area contributed by atoms with Gasteiger partial charge in [-0.05, 0) is 60.6 Å². The lowest BCUT2D eigenvalue weighted by Gasteiger charge is -2.32. The molecule has 0 aromatic heterocycles. The summed E-state index contributed by atoms with van der Waals surface area (Å²) in [6.07, 6.45) is 3.11. The maximum absolute atomic E-state index is 12.8. The molecule has 27 heavy (non-hydrogen) atoms. The molecule has 0 saturated carbocycles. The molecule has 5 heteroatoms. The van der Waals surface area contributed by atoms with Gasteiger partial charge < -0.3 is 10.6 Å². The van der Waals surface area contributed by atoms with Gasteiger partial charge in [0.15, 0.2) is 0 Å². The van der Waals surface area contributed by atoms with Crippen molar-refractivity contribution in [2.75, 3.05) is 13.1 Å². The van der Waals surface area contributed by atoms with E-state index in [-0.39, 0.29) is 11.8 Å². The van der Waals surface area contributed by atoms with Crippen LogP contribution in [0.15, 0.2) is 48.5 Å². The van der Waals surface area contributed by atoms with Gasteiger partial charge in [0, 0.05) is 25.1 Å². The fourth-order valence-electron chi connectivity index (χ4n) is 3.59. The quantitative estimate of drug-likeness (QED) is 0.886. The third kappa shape index (κ3) is 4.73. The first kappa shape index (κ1) is 18.7. The average molecular weight is 361 g/mol. The van der Waals surface area contributed by atoms with Gasteiger partial charge in [-0.15, -0.1) is 0 Å². The molecule has 1 saturated heterocycles. The van der Waals surface area contributed by atoms with Crippen molar-refractivity contribution in [3.8, 4) is 17.2 Å². The highest BCUT2D eigenvalue weighted by atomic mass is 16.2. The molecular weight excluding hydrogens is 338 g/mol. The van der Waals surface area contributed by atoms with Crippen LogP contribution in [0.25, 0.3) is 11.1 Å². The zero-order valence-corrected chi connectivity index (χ0v) is 15.2. The van der Waals surface area contributed by atoms with Crippen LogP contribution in [0, 0.1) is 17.2 Å². The van der Waals surface area contributed by atoms with Crippen molar-refractivity contribution in [1.82, 2.24) is 4.90 Å². The second-order valence-electron chi connectivity index (χ2n) is 7.03. The van der Waals surface area contributed by atoms with E-state index in [2.05, 4.69) is 6.07 Å². The molecule has 1 heterocycles. The van der Waals surface area contributed by atoms with Gasteiger partial charge in [0.2, 0.25) is 5.91 Å². The molecule has 0 radical (unpaired) electrons. The first-order chi connectivity index (χ1) is 13.1. The largest absolute Gasteiger partial charge is 0.370 e. The van der Waals surface area contributed by atoms with Gasteiger partial charge in [0.25, 0.3) is 5.91 Å². The summed E-state index contributed by atoms with van der Waals surface area (Å²) in [7, 11) is 0. The van der Waals surface area contributed by atoms with Crippen LogP contribution in [0.1, 0.15) is 41.6 Å². The van der Waals surface area contributed by atoms with Gasteiger partial charge in [-0.25, -0.2) is 0 Å². The van der Waals surface area contributed by atoms with Gasteiger partial charge in [0.05, 0.1) is 11.6 Å². The van der Waals surface area contributed by atoms with Crippen molar-refractivity contribution in [3.63, 3.8) is 0 Å². The Bertz CT molecular complexity index is 868. The van der Waals surface area contributed by atoms with Crippen LogP contribution >= 0.6 is 0 Å². The Balaban J connectivity index is 1.68. The topological polar surface area (TPSA) is 87.2 Å². The Labute approximate surface area is 159 Å². The van der Waals surface area contributed by atoms with Crippen molar-refractivity contribution in [1.29, 1.82) is 5.26 Å². The van der Waals surface area contributed by atoms with Crippen LogP contribution in [0.2, 0.25) is 0 Å². The molecular formula is C22H23N3O2. The van der Waals surface area contributed by atoms with Crippen LogP contribution in [0.4, 0.5) is 0 Å². The molecule has 1 atom stereocenters. The number of piperidine rings is 1. The van der Waals surface area contributed by atoms with E-state index in [9.17, 15) is 9.59 Å². The number of hydrogen-bond donors (Lipinski definition) is 1. The molecule has 2 aromatic carbocycles. The molecule has 0 aliphatic carbocycles. The van der Waals surface area contributed by atoms with Crippen molar-refractivity contribution >= 4 is 11.8 Å². The Morgan fingerprint density at radius 1 is 1.15 bits per heavy atom. The summed E-state index contributed by atoms with van der Waals surface area (Å²) in [4.78, 5) is 25.7. The number of rotatable bonds is 5. The number of nitrogens with two attached hydrogens (primary N) is 1. The highest BCUT2D eigenvalue weighted by Gasteiger charge is 2.24. The lowest BCUT2D eigenvalue weighted by Crippen LogP contribution is -2.40. The number of nitriles is 1. The Morgan fingerprint density at radius 2 is 1.93 bits per heavy atom. The maximum Gasteiger partial charge on any atom is 0.253 e. The summed E-state index contributed by atoms with van der Waals surface area (Å²) in [5, 5.41) is 9.03. The van der Waals surface area contributed by atoms with E-state index < -0.39 is 0 Å². The summed E-state index contributed by atoms with van der Waals surface area (Å²) in [6, 6.07) is 17.1. The molecule has 1 aliphatic rings. The Morgan fingerprint density at radius 3 is 2.63 bits per heavy atom. The molecule has 1 fully saturated rings. The Hall–Kier alpha value is -3.13. The summed E-state index contributed by atoms with van der Waals surface area (Å²) < 4.78 is 0.